The fraction of sp³-hybridized carbons (Fsp3) is 0.0714. The summed E-state index contributed by atoms with van der Waals surface area (Å²) >= 11 is 0. The third-order valence-corrected chi connectivity index (χ3v) is 2.50. The van der Waals surface area contributed by atoms with Crippen LogP contribution >= 0.6 is 0 Å². The fourth-order valence-corrected chi connectivity index (χ4v) is 1.51. The Bertz CT molecular complexity index is 637. The van der Waals surface area contributed by atoms with Crippen LogP contribution < -0.4 is 10.2 Å². The van der Waals surface area contributed by atoms with Crippen LogP contribution in [0.3, 0.4) is 0 Å². The van der Waals surface area contributed by atoms with E-state index in [2.05, 4.69) is 0 Å². The molecule has 19 heavy (non-hydrogen) atoms. The van der Waals surface area contributed by atoms with E-state index in [0.29, 0.717) is 0 Å². The maximum atomic E-state index is 11.6. The number of nitro groups is 1. The highest BCUT2D eigenvalue weighted by molar-refractivity contribution is 5.33. The van der Waals surface area contributed by atoms with Gasteiger partial charge in [-0.1, -0.05) is 18.2 Å². The van der Waals surface area contributed by atoms with Crippen molar-refractivity contribution in [2.45, 2.75) is 6.61 Å². The van der Waals surface area contributed by atoms with E-state index in [1.54, 1.807) is 36.4 Å². The molecule has 0 radical (unpaired) electrons. The number of nitrogens with zero attached hydrogens (tertiary/aromatic N) is 1. The number of hydrogen-bond donors (Lipinski definition) is 0. The quantitative estimate of drug-likeness (QED) is 0.623. The van der Waals surface area contributed by atoms with E-state index < -0.39 is 4.92 Å². The second-order valence-electron chi connectivity index (χ2n) is 3.85. The molecule has 2 aromatic rings. The molecule has 5 heteroatoms. The maximum Gasteiger partial charge on any atom is 0.269 e. The number of non-ortho nitro benzene ring substituents is 1. The average Bonchev–Trinajstić information content (AvgIpc) is 2.61. The van der Waals surface area contributed by atoms with Gasteiger partial charge in [0.05, 0.1) is 4.92 Å². The van der Waals surface area contributed by atoms with Gasteiger partial charge in [0.2, 0.25) is 5.43 Å². The lowest BCUT2D eigenvalue weighted by atomic mass is 10.2. The minimum Gasteiger partial charge on any atom is -0.485 e. The summed E-state index contributed by atoms with van der Waals surface area (Å²) in [5.74, 6) is 0.253. The topological polar surface area (TPSA) is 69.4 Å². The molecule has 96 valence electrons. The predicted octanol–water partition coefficient (Wildman–Crippen LogP) is 2.53. The first-order chi connectivity index (χ1) is 9.16. The fourth-order valence-electron chi connectivity index (χ4n) is 1.51. The van der Waals surface area contributed by atoms with Gasteiger partial charge in [-0.3, -0.25) is 14.9 Å². The van der Waals surface area contributed by atoms with E-state index in [1.807, 2.05) is 0 Å². The van der Waals surface area contributed by atoms with E-state index in [4.69, 9.17) is 4.74 Å². The largest absolute Gasteiger partial charge is 0.485 e. The van der Waals surface area contributed by atoms with Crippen LogP contribution in [0.4, 0.5) is 5.69 Å². The zero-order chi connectivity index (χ0) is 13.7. The highest BCUT2D eigenvalue weighted by atomic mass is 16.6. The minimum atomic E-state index is -0.461. The maximum absolute atomic E-state index is 11.6. The molecule has 0 heterocycles. The predicted molar refractivity (Wildman–Crippen MR) is 70.1 cm³/mol. The molecule has 0 bridgehead atoms. The summed E-state index contributed by atoms with van der Waals surface area (Å²) in [6.07, 6.45) is 0. The lowest BCUT2D eigenvalue weighted by Crippen LogP contribution is -2.04. The lowest BCUT2D eigenvalue weighted by Gasteiger charge is -2.03. The van der Waals surface area contributed by atoms with Crippen molar-refractivity contribution in [3.8, 4) is 5.75 Å². The Morgan fingerprint density at radius 1 is 1.00 bits per heavy atom. The molecule has 0 amide bonds. The molecule has 0 saturated heterocycles. The van der Waals surface area contributed by atoms with E-state index in [9.17, 15) is 14.9 Å². The second-order valence-corrected chi connectivity index (χ2v) is 3.85. The van der Waals surface area contributed by atoms with Crippen molar-refractivity contribution in [1.82, 2.24) is 0 Å². The van der Waals surface area contributed by atoms with Crippen molar-refractivity contribution in [3.63, 3.8) is 0 Å². The first-order valence-electron chi connectivity index (χ1n) is 5.62. The third-order valence-electron chi connectivity index (χ3n) is 2.50. The van der Waals surface area contributed by atoms with E-state index in [-0.39, 0.29) is 23.5 Å². The minimum absolute atomic E-state index is 0.0272. The molecule has 0 aliphatic rings. The summed E-state index contributed by atoms with van der Waals surface area (Å²) in [4.78, 5) is 21.6. The molecule has 2 rings (SSSR count). The van der Waals surface area contributed by atoms with Crippen molar-refractivity contribution in [2.75, 3.05) is 0 Å². The molecule has 5 nitrogen and oxygen atoms in total. The Kier molecular flexibility index (Phi) is 3.87. The SMILES string of the molecule is O=c1cccccc1OCc1ccc([N+](=O)[O-])cc1. The van der Waals surface area contributed by atoms with Crippen molar-refractivity contribution >= 4 is 5.69 Å². The number of hydrogen-bond acceptors (Lipinski definition) is 4. The summed E-state index contributed by atoms with van der Waals surface area (Å²) in [5, 5.41) is 10.5. The number of nitro benzene ring substituents is 1. The van der Waals surface area contributed by atoms with Crippen molar-refractivity contribution in [1.29, 1.82) is 0 Å². The molecule has 0 spiro atoms. The Morgan fingerprint density at radius 2 is 1.68 bits per heavy atom. The standard InChI is InChI=1S/C14H11NO4/c16-13-4-2-1-3-5-14(13)19-10-11-6-8-12(9-7-11)15(17)18/h1-9H,10H2. The van der Waals surface area contributed by atoms with Crippen LogP contribution in [0.2, 0.25) is 0 Å². The summed E-state index contributed by atoms with van der Waals surface area (Å²) < 4.78 is 5.40. The van der Waals surface area contributed by atoms with Crippen molar-refractivity contribution < 1.29 is 9.66 Å². The van der Waals surface area contributed by atoms with E-state index >= 15 is 0 Å². The Morgan fingerprint density at radius 3 is 2.37 bits per heavy atom. The van der Waals surface area contributed by atoms with Gasteiger partial charge < -0.3 is 4.74 Å². The van der Waals surface area contributed by atoms with Gasteiger partial charge in [-0.15, -0.1) is 0 Å². The third kappa shape index (κ3) is 3.38. The van der Waals surface area contributed by atoms with Crippen LogP contribution in [0, 0.1) is 10.1 Å². The highest BCUT2D eigenvalue weighted by Crippen LogP contribution is 2.13. The monoisotopic (exact) mass is 257 g/mol. The lowest BCUT2D eigenvalue weighted by molar-refractivity contribution is -0.384. The molecule has 0 aliphatic carbocycles. The first-order valence-corrected chi connectivity index (χ1v) is 5.62. The van der Waals surface area contributed by atoms with Crippen LogP contribution in [-0.4, -0.2) is 4.92 Å². The zero-order valence-corrected chi connectivity index (χ0v) is 9.98. The molecule has 0 saturated carbocycles. The first kappa shape index (κ1) is 12.8. The van der Waals surface area contributed by atoms with Crippen molar-refractivity contribution in [3.05, 3.63) is 80.5 Å². The van der Waals surface area contributed by atoms with Gasteiger partial charge in [0.25, 0.3) is 5.69 Å². The Hall–Kier alpha value is -2.69. The second kappa shape index (κ2) is 5.77. The number of ether oxygens (including phenoxy) is 1. The van der Waals surface area contributed by atoms with E-state index in [0.717, 1.165) is 5.56 Å². The molecule has 0 atom stereocenters. The molecule has 0 fully saturated rings. The van der Waals surface area contributed by atoms with Gasteiger partial charge in [-0.05, 0) is 29.8 Å². The molecule has 0 N–H and O–H groups in total. The zero-order valence-electron chi connectivity index (χ0n) is 9.98. The van der Waals surface area contributed by atoms with Crippen LogP contribution in [0.5, 0.6) is 5.75 Å². The van der Waals surface area contributed by atoms with E-state index in [1.165, 1.54) is 18.2 Å². The molecule has 2 aromatic carbocycles. The Balaban J connectivity index is 2.09. The van der Waals surface area contributed by atoms with Gasteiger partial charge in [0, 0.05) is 12.1 Å². The summed E-state index contributed by atoms with van der Waals surface area (Å²) in [7, 11) is 0. The molecule has 0 aromatic heterocycles. The smallest absolute Gasteiger partial charge is 0.269 e. The Labute approximate surface area is 109 Å². The summed E-state index contributed by atoms with van der Waals surface area (Å²) in [6, 6.07) is 14.1. The van der Waals surface area contributed by atoms with Gasteiger partial charge in [-0.25, -0.2) is 0 Å². The van der Waals surface area contributed by atoms with Crippen LogP contribution in [0.15, 0.2) is 59.4 Å². The highest BCUT2D eigenvalue weighted by Gasteiger charge is 2.04. The van der Waals surface area contributed by atoms with Crippen LogP contribution in [-0.2, 0) is 6.61 Å². The normalized spacial score (nSPS) is 9.89. The molecular weight excluding hydrogens is 246 g/mol. The van der Waals surface area contributed by atoms with Crippen LogP contribution in [0.25, 0.3) is 0 Å². The summed E-state index contributed by atoms with van der Waals surface area (Å²) in [5.41, 5.74) is 0.586. The van der Waals surface area contributed by atoms with Gasteiger partial charge >= 0.3 is 0 Å². The molecule has 0 unspecified atom stereocenters. The van der Waals surface area contributed by atoms with Crippen LogP contribution in [0.1, 0.15) is 5.56 Å². The number of rotatable bonds is 4. The van der Waals surface area contributed by atoms with Gasteiger partial charge in [0.15, 0.2) is 5.75 Å². The average molecular weight is 257 g/mol. The number of benzene rings is 1. The molecular formula is C14H11NO4. The van der Waals surface area contributed by atoms with Gasteiger partial charge in [-0.2, -0.15) is 0 Å². The molecule has 0 aliphatic heterocycles. The van der Waals surface area contributed by atoms with Crippen molar-refractivity contribution in [2.24, 2.45) is 0 Å². The summed E-state index contributed by atoms with van der Waals surface area (Å²) in [6.45, 7) is 0.192. The van der Waals surface area contributed by atoms with Gasteiger partial charge in [0.1, 0.15) is 6.61 Å².